The van der Waals surface area contributed by atoms with Gasteiger partial charge < -0.3 is 4.74 Å². The molecule has 5 nitrogen and oxygen atoms in total. The lowest BCUT2D eigenvalue weighted by Gasteiger charge is -2.10. The van der Waals surface area contributed by atoms with Gasteiger partial charge in [0.25, 0.3) is 5.56 Å². The van der Waals surface area contributed by atoms with Crippen LogP contribution in [0.15, 0.2) is 65.5 Å². The molecule has 30 heavy (non-hydrogen) atoms. The number of nitrogens with zero attached hydrogens (tertiary/aromatic N) is 2. The summed E-state index contributed by atoms with van der Waals surface area (Å²) in [6, 6.07) is 19.9. The molecule has 0 amide bonds. The maximum atomic E-state index is 13.3. The van der Waals surface area contributed by atoms with Crippen molar-refractivity contribution in [3.8, 4) is 10.9 Å². The number of hydrogen-bond acceptors (Lipinski definition) is 4. The Morgan fingerprint density at radius 2 is 1.93 bits per heavy atom. The lowest BCUT2D eigenvalue weighted by molar-refractivity contribution is 0.340. The minimum atomic E-state index is -0.186. The first-order valence-corrected chi connectivity index (χ1v) is 10.5. The molecule has 2 aromatic heterocycles. The van der Waals surface area contributed by atoms with E-state index in [2.05, 4.69) is 16.7 Å². The number of aromatic amines is 1. The number of fused-ring (bicyclic) bond motifs is 2. The van der Waals surface area contributed by atoms with Crippen LogP contribution < -0.4 is 20.9 Å². The number of aromatic nitrogens is 3. The third-order valence-electron chi connectivity index (χ3n) is 5.00. The van der Waals surface area contributed by atoms with Gasteiger partial charge in [-0.25, -0.2) is 4.98 Å². The molecule has 5 aromatic rings. The summed E-state index contributed by atoms with van der Waals surface area (Å²) in [6.07, 6.45) is 1.86. The third kappa shape index (κ3) is 3.02. The SMILES string of the molecule is C=c1[nH]n(-c2nc3ccccc3s2)c(=O)/c1=C\c1c(OCC)ccc2ccccc12. The predicted octanol–water partition coefficient (Wildman–Crippen LogP) is 3.57. The van der Waals surface area contributed by atoms with Crippen molar-refractivity contribution in [3.05, 3.63) is 87.1 Å². The number of rotatable bonds is 4. The first kappa shape index (κ1) is 18.4. The van der Waals surface area contributed by atoms with Crippen LogP contribution in [0.3, 0.4) is 0 Å². The number of hydrogen-bond donors (Lipinski definition) is 1. The van der Waals surface area contributed by atoms with Crippen molar-refractivity contribution >= 4 is 45.0 Å². The summed E-state index contributed by atoms with van der Waals surface area (Å²) in [5, 5.41) is 6.81. The van der Waals surface area contributed by atoms with Crippen LogP contribution in [0.1, 0.15) is 12.5 Å². The molecule has 0 aliphatic carbocycles. The molecule has 0 radical (unpaired) electrons. The van der Waals surface area contributed by atoms with E-state index < -0.39 is 0 Å². The maximum absolute atomic E-state index is 13.3. The molecular formula is C24H19N3O2S. The number of para-hydroxylation sites is 1. The molecule has 0 spiro atoms. The summed E-state index contributed by atoms with van der Waals surface area (Å²) in [5.41, 5.74) is 1.55. The summed E-state index contributed by atoms with van der Waals surface area (Å²) in [5.74, 6) is 0.739. The average molecular weight is 414 g/mol. The van der Waals surface area contributed by atoms with Crippen LogP contribution in [-0.2, 0) is 0 Å². The van der Waals surface area contributed by atoms with Gasteiger partial charge in [0.1, 0.15) is 5.75 Å². The zero-order chi connectivity index (χ0) is 20.7. The zero-order valence-electron chi connectivity index (χ0n) is 16.4. The Balaban J connectivity index is 1.75. The quantitative estimate of drug-likeness (QED) is 0.490. The van der Waals surface area contributed by atoms with Crippen LogP contribution >= 0.6 is 11.3 Å². The van der Waals surface area contributed by atoms with Gasteiger partial charge in [0.05, 0.1) is 27.4 Å². The summed E-state index contributed by atoms with van der Waals surface area (Å²) < 4.78 is 8.34. The standard InChI is InChI=1S/C24H19N3O2S/c1-3-29-21-13-12-16-8-4-5-9-17(16)19(21)14-18-15(2)26-27(23(18)28)24-25-20-10-6-7-11-22(20)30-24/h4-14,26H,2-3H2,1H3/b18-14-. The molecule has 0 aliphatic heterocycles. The van der Waals surface area contributed by atoms with Crippen molar-refractivity contribution in [3.63, 3.8) is 0 Å². The predicted molar refractivity (Wildman–Crippen MR) is 123 cm³/mol. The van der Waals surface area contributed by atoms with Gasteiger partial charge in [-0.05, 0) is 42.0 Å². The van der Waals surface area contributed by atoms with Crippen molar-refractivity contribution in [2.45, 2.75) is 6.92 Å². The summed E-state index contributed by atoms with van der Waals surface area (Å²) >= 11 is 1.46. The van der Waals surface area contributed by atoms with Gasteiger partial charge in [0.15, 0.2) is 0 Å². The Morgan fingerprint density at radius 1 is 1.13 bits per heavy atom. The van der Waals surface area contributed by atoms with Crippen molar-refractivity contribution in [1.82, 2.24) is 14.8 Å². The Kier molecular flexibility index (Phi) is 4.48. The highest BCUT2D eigenvalue weighted by Gasteiger charge is 2.12. The maximum Gasteiger partial charge on any atom is 0.281 e. The highest BCUT2D eigenvalue weighted by Crippen LogP contribution is 2.28. The van der Waals surface area contributed by atoms with Crippen molar-refractivity contribution in [2.75, 3.05) is 6.61 Å². The Morgan fingerprint density at radius 3 is 2.77 bits per heavy atom. The second-order valence-electron chi connectivity index (χ2n) is 6.88. The molecule has 148 valence electrons. The molecule has 5 rings (SSSR count). The minimum Gasteiger partial charge on any atom is -0.493 e. The second kappa shape index (κ2) is 7.31. The first-order chi connectivity index (χ1) is 14.7. The van der Waals surface area contributed by atoms with E-state index in [9.17, 15) is 4.79 Å². The largest absolute Gasteiger partial charge is 0.493 e. The number of nitrogens with one attached hydrogen (secondary N) is 1. The lowest BCUT2D eigenvalue weighted by atomic mass is 10.0. The summed E-state index contributed by atoms with van der Waals surface area (Å²) in [7, 11) is 0. The van der Waals surface area contributed by atoms with E-state index in [1.807, 2.05) is 73.7 Å². The normalized spacial score (nSPS) is 12.1. The van der Waals surface area contributed by atoms with Gasteiger partial charge in [-0.3, -0.25) is 9.89 Å². The van der Waals surface area contributed by atoms with Crippen LogP contribution in [0, 0.1) is 0 Å². The Hall–Kier alpha value is -3.64. The number of ether oxygens (including phenoxy) is 1. The van der Waals surface area contributed by atoms with Gasteiger partial charge in [-0.1, -0.05) is 60.4 Å². The van der Waals surface area contributed by atoms with Crippen LogP contribution in [0.4, 0.5) is 0 Å². The van der Waals surface area contributed by atoms with Crippen LogP contribution in [0.25, 0.3) is 38.8 Å². The molecule has 0 atom stereocenters. The first-order valence-electron chi connectivity index (χ1n) is 9.68. The topological polar surface area (TPSA) is 59.9 Å². The van der Waals surface area contributed by atoms with Crippen LogP contribution in [0.2, 0.25) is 0 Å². The van der Waals surface area contributed by atoms with E-state index in [1.165, 1.54) is 16.0 Å². The highest BCUT2D eigenvalue weighted by molar-refractivity contribution is 7.20. The molecule has 0 unspecified atom stereocenters. The Labute approximate surface area is 176 Å². The molecule has 1 N–H and O–H groups in total. The fourth-order valence-corrected chi connectivity index (χ4v) is 4.51. The molecular weight excluding hydrogens is 394 g/mol. The van der Waals surface area contributed by atoms with E-state index in [4.69, 9.17) is 4.74 Å². The molecule has 0 aliphatic rings. The molecule has 6 heteroatoms. The molecule has 0 saturated heterocycles. The van der Waals surface area contributed by atoms with Gasteiger partial charge in [-0.15, -0.1) is 0 Å². The fourth-order valence-electron chi connectivity index (χ4n) is 3.58. The number of H-pyrrole nitrogens is 1. The zero-order valence-corrected chi connectivity index (χ0v) is 17.2. The average Bonchev–Trinajstić information content (AvgIpc) is 3.31. The van der Waals surface area contributed by atoms with Gasteiger partial charge in [-0.2, -0.15) is 4.68 Å². The number of thiazole rings is 1. The second-order valence-corrected chi connectivity index (χ2v) is 7.89. The van der Waals surface area contributed by atoms with Crippen LogP contribution in [0.5, 0.6) is 5.75 Å². The van der Waals surface area contributed by atoms with Crippen molar-refractivity contribution in [2.24, 2.45) is 0 Å². The molecule has 2 heterocycles. The van der Waals surface area contributed by atoms with E-state index in [1.54, 1.807) is 0 Å². The highest BCUT2D eigenvalue weighted by atomic mass is 32.1. The molecule has 0 saturated carbocycles. The van der Waals surface area contributed by atoms with Gasteiger partial charge >= 0.3 is 0 Å². The lowest BCUT2D eigenvalue weighted by Crippen LogP contribution is -2.34. The van der Waals surface area contributed by atoms with E-state index in [0.29, 0.717) is 22.3 Å². The summed E-state index contributed by atoms with van der Waals surface area (Å²) in [4.78, 5) is 17.8. The third-order valence-corrected chi connectivity index (χ3v) is 6.02. The monoisotopic (exact) mass is 413 g/mol. The molecule has 0 bridgehead atoms. The minimum absolute atomic E-state index is 0.186. The van der Waals surface area contributed by atoms with E-state index in [-0.39, 0.29) is 5.56 Å². The molecule has 3 aromatic carbocycles. The number of benzene rings is 3. The van der Waals surface area contributed by atoms with Crippen molar-refractivity contribution in [1.29, 1.82) is 0 Å². The smallest absolute Gasteiger partial charge is 0.281 e. The summed E-state index contributed by atoms with van der Waals surface area (Å²) in [6.45, 7) is 6.55. The van der Waals surface area contributed by atoms with Crippen LogP contribution in [-0.4, -0.2) is 21.4 Å². The van der Waals surface area contributed by atoms with Gasteiger partial charge in [0.2, 0.25) is 5.13 Å². The fraction of sp³-hybridized carbons (Fsp3) is 0.0833. The molecule has 0 fully saturated rings. The van der Waals surface area contributed by atoms with E-state index >= 15 is 0 Å². The van der Waals surface area contributed by atoms with Gasteiger partial charge in [0, 0.05) is 5.56 Å². The van der Waals surface area contributed by atoms with E-state index in [0.717, 1.165) is 32.3 Å². The Bertz CT molecular complexity index is 1530. The van der Waals surface area contributed by atoms with Crippen molar-refractivity contribution < 1.29 is 4.74 Å².